The van der Waals surface area contributed by atoms with Gasteiger partial charge in [0.05, 0.1) is 13.2 Å². The molecular weight excluding hydrogens is 639 g/mol. The fraction of sp³-hybridized carbons (Fsp3) is 0.355. The molecule has 0 unspecified atom stereocenters. The number of hydroxylamine groups is 2. The standard InChI is InChI=1S/C31H29IN2O7/c32-22-13-11-19(12-14-22)18-34-26-28(36)38-23-17-30(26,29(37)33-15-16-35)27(41-34)25-24(23)39-31(40-25,20-7-3-1-4-8-20)21-9-5-2-6-10-21/h1-14,23-27,35H,15-18H2,(H,33,37)/t23-,24+,25+,26+,27-,30+/m1/s1. The van der Waals surface area contributed by atoms with Crippen molar-refractivity contribution in [3.8, 4) is 0 Å². The third kappa shape index (κ3) is 4.23. The second-order valence-corrected chi connectivity index (χ2v) is 12.1. The second-order valence-electron chi connectivity index (χ2n) is 10.8. The highest BCUT2D eigenvalue weighted by Gasteiger charge is 2.76. The van der Waals surface area contributed by atoms with Crippen molar-refractivity contribution in [2.45, 2.75) is 49.2 Å². The molecule has 212 valence electrons. The van der Waals surface area contributed by atoms with E-state index < -0.39 is 47.6 Å². The molecule has 6 atom stereocenters. The number of hydrogen-bond acceptors (Lipinski definition) is 8. The number of rotatable bonds is 7. The molecule has 4 fully saturated rings. The smallest absolute Gasteiger partial charge is 0.327 e. The Morgan fingerprint density at radius 3 is 2.22 bits per heavy atom. The van der Waals surface area contributed by atoms with E-state index in [9.17, 15) is 14.7 Å². The van der Waals surface area contributed by atoms with Crippen molar-refractivity contribution in [2.75, 3.05) is 13.2 Å². The molecule has 3 aromatic rings. The minimum Gasteiger partial charge on any atom is -0.458 e. The highest BCUT2D eigenvalue weighted by Crippen LogP contribution is 2.59. The first-order valence-electron chi connectivity index (χ1n) is 13.7. The first kappa shape index (κ1) is 27.0. The van der Waals surface area contributed by atoms with E-state index in [-0.39, 0.29) is 32.0 Å². The highest BCUT2D eigenvalue weighted by atomic mass is 127. The quantitative estimate of drug-likeness (QED) is 0.293. The number of halogens is 1. The molecule has 3 aromatic carbocycles. The summed E-state index contributed by atoms with van der Waals surface area (Å²) in [7, 11) is 0. The van der Waals surface area contributed by atoms with E-state index in [1.54, 1.807) is 5.06 Å². The van der Waals surface area contributed by atoms with Crippen molar-refractivity contribution in [3.63, 3.8) is 0 Å². The number of fused-ring (bicyclic) bond motifs is 4. The molecule has 3 saturated heterocycles. The number of benzene rings is 3. The molecule has 2 bridgehead atoms. The van der Waals surface area contributed by atoms with Gasteiger partial charge in [0.15, 0.2) is 6.04 Å². The molecule has 41 heavy (non-hydrogen) atoms. The summed E-state index contributed by atoms with van der Waals surface area (Å²) >= 11 is 2.24. The molecule has 1 amide bonds. The lowest BCUT2D eigenvalue weighted by Gasteiger charge is -2.48. The molecule has 0 spiro atoms. The molecule has 1 aliphatic carbocycles. The van der Waals surface area contributed by atoms with Crippen LogP contribution < -0.4 is 5.32 Å². The van der Waals surface area contributed by atoms with Gasteiger partial charge < -0.3 is 24.6 Å². The van der Waals surface area contributed by atoms with E-state index >= 15 is 0 Å². The first-order chi connectivity index (χ1) is 20.0. The van der Waals surface area contributed by atoms with E-state index in [1.165, 1.54) is 0 Å². The lowest BCUT2D eigenvalue weighted by molar-refractivity contribution is -0.213. The summed E-state index contributed by atoms with van der Waals surface area (Å²) < 4.78 is 20.9. The van der Waals surface area contributed by atoms with Crippen molar-refractivity contribution in [2.24, 2.45) is 5.41 Å². The van der Waals surface area contributed by atoms with Gasteiger partial charge in [-0.05, 0) is 40.3 Å². The number of carbonyl (C=O) groups is 2. The van der Waals surface area contributed by atoms with Crippen LogP contribution in [-0.4, -0.2) is 65.7 Å². The third-order valence-corrected chi connectivity index (χ3v) is 9.25. The predicted molar refractivity (Wildman–Crippen MR) is 154 cm³/mol. The van der Waals surface area contributed by atoms with Crippen LogP contribution in [0.4, 0.5) is 0 Å². The molecule has 4 aliphatic rings. The van der Waals surface area contributed by atoms with Gasteiger partial charge in [0.2, 0.25) is 11.7 Å². The van der Waals surface area contributed by atoms with Crippen LogP contribution in [-0.2, 0) is 41.0 Å². The van der Waals surface area contributed by atoms with Gasteiger partial charge in [-0.25, -0.2) is 0 Å². The fourth-order valence-corrected chi connectivity index (χ4v) is 7.15. The van der Waals surface area contributed by atoms with Gasteiger partial charge in [-0.1, -0.05) is 72.8 Å². The maximum Gasteiger partial charge on any atom is 0.327 e. The van der Waals surface area contributed by atoms with Gasteiger partial charge in [0.1, 0.15) is 29.8 Å². The summed E-state index contributed by atoms with van der Waals surface area (Å²) in [4.78, 5) is 34.3. The summed E-state index contributed by atoms with van der Waals surface area (Å²) in [5, 5.41) is 13.9. The zero-order valence-electron chi connectivity index (χ0n) is 22.0. The molecule has 2 N–H and O–H groups in total. The highest BCUT2D eigenvalue weighted by molar-refractivity contribution is 14.1. The summed E-state index contributed by atoms with van der Waals surface area (Å²) in [5.74, 6) is -2.20. The number of hydrogen-bond donors (Lipinski definition) is 2. The lowest BCUT2D eigenvalue weighted by atomic mass is 9.62. The van der Waals surface area contributed by atoms with Crippen LogP contribution in [0.5, 0.6) is 0 Å². The van der Waals surface area contributed by atoms with Crippen LogP contribution in [0.25, 0.3) is 0 Å². The molecule has 3 aliphatic heterocycles. The number of carbonyl (C=O) groups excluding carboxylic acids is 2. The molecule has 7 rings (SSSR count). The summed E-state index contributed by atoms with van der Waals surface area (Å²) in [6, 6.07) is 26.2. The average Bonchev–Trinajstić information content (AvgIpc) is 3.58. The Kier molecular flexibility index (Phi) is 6.87. The Hall–Kier alpha value is -2.87. The number of nitrogens with one attached hydrogen (secondary N) is 1. The minimum atomic E-state index is -1.30. The van der Waals surface area contributed by atoms with Gasteiger partial charge in [-0.15, -0.1) is 0 Å². The Morgan fingerprint density at radius 2 is 1.59 bits per heavy atom. The van der Waals surface area contributed by atoms with Gasteiger partial charge in [-0.3, -0.25) is 14.4 Å². The third-order valence-electron chi connectivity index (χ3n) is 8.53. The predicted octanol–water partition coefficient (Wildman–Crippen LogP) is 2.88. The molecular formula is C31H29IN2O7. The first-order valence-corrected chi connectivity index (χ1v) is 14.8. The van der Waals surface area contributed by atoms with Crippen molar-refractivity contribution >= 4 is 34.5 Å². The van der Waals surface area contributed by atoms with Crippen molar-refractivity contribution in [1.82, 2.24) is 10.4 Å². The van der Waals surface area contributed by atoms with Gasteiger partial charge >= 0.3 is 5.97 Å². The second kappa shape index (κ2) is 10.4. The largest absolute Gasteiger partial charge is 0.458 e. The Bertz CT molecular complexity index is 1400. The summed E-state index contributed by atoms with van der Waals surface area (Å²) in [6.45, 7) is 0.100. The molecule has 3 heterocycles. The van der Waals surface area contributed by atoms with Crippen molar-refractivity contribution in [1.29, 1.82) is 0 Å². The van der Waals surface area contributed by atoms with Crippen LogP contribution in [0.15, 0.2) is 84.9 Å². The van der Waals surface area contributed by atoms with E-state index in [2.05, 4.69) is 27.9 Å². The molecule has 10 heteroatoms. The van der Waals surface area contributed by atoms with Crippen LogP contribution in [0.2, 0.25) is 0 Å². The van der Waals surface area contributed by atoms with Gasteiger partial charge in [-0.2, -0.15) is 5.06 Å². The molecule has 9 nitrogen and oxygen atoms in total. The Labute approximate surface area is 250 Å². The zero-order chi connectivity index (χ0) is 28.2. The number of ether oxygens (including phenoxy) is 3. The Balaban J connectivity index is 1.33. The van der Waals surface area contributed by atoms with E-state index in [0.29, 0.717) is 0 Å². The molecule has 0 aromatic heterocycles. The van der Waals surface area contributed by atoms with Crippen LogP contribution in [0.3, 0.4) is 0 Å². The number of aliphatic hydroxyl groups is 1. The van der Waals surface area contributed by atoms with Crippen molar-refractivity contribution < 1.29 is 33.7 Å². The lowest BCUT2D eigenvalue weighted by Crippen LogP contribution is -2.69. The summed E-state index contributed by atoms with van der Waals surface area (Å²) in [6.07, 6.45) is -2.76. The van der Waals surface area contributed by atoms with Gasteiger partial charge in [0.25, 0.3) is 0 Å². The van der Waals surface area contributed by atoms with E-state index in [1.807, 2.05) is 84.9 Å². The minimum absolute atomic E-state index is 0.0558. The van der Waals surface area contributed by atoms with Crippen LogP contribution in [0, 0.1) is 8.99 Å². The maximum atomic E-state index is 14.0. The average molecular weight is 668 g/mol. The van der Waals surface area contributed by atoms with E-state index in [4.69, 9.17) is 19.0 Å². The SMILES string of the molecule is O=C1O[C@@H]2C[C@@]3(C(=O)NCCO)[C@H](ON(Cc4ccc(I)cc4)[C@@H]13)[C@H]1OC(c3ccccc3)(c3ccccc3)O[C@H]12. The number of amides is 1. The van der Waals surface area contributed by atoms with E-state index in [0.717, 1.165) is 20.3 Å². The normalized spacial score (nSPS) is 31.4. The number of esters is 1. The summed E-state index contributed by atoms with van der Waals surface area (Å²) in [5.41, 5.74) is 1.19. The van der Waals surface area contributed by atoms with Gasteiger partial charge in [0, 0.05) is 27.7 Å². The topological polar surface area (TPSA) is 107 Å². The number of nitrogens with zero attached hydrogens (tertiary/aromatic N) is 1. The maximum absolute atomic E-state index is 14.0. The van der Waals surface area contributed by atoms with Crippen molar-refractivity contribution in [3.05, 3.63) is 105 Å². The fourth-order valence-electron chi connectivity index (χ4n) is 6.79. The van der Waals surface area contributed by atoms with Crippen LogP contribution in [0.1, 0.15) is 23.1 Å². The molecule has 0 radical (unpaired) electrons. The number of aliphatic hydroxyl groups excluding tert-OH is 1. The zero-order valence-corrected chi connectivity index (χ0v) is 24.2. The molecule has 1 saturated carbocycles. The monoisotopic (exact) mass is 668 g/mol. The Morgan fingerprint density at radius 1 is 0.951 bits per heavy atom. The van der Waals surface area contributed by atoms with Crippen LogP contribution >= 0.6 is 22.6 Å².